The van der Waals surface area contributed by atoms with Gasteiger partial charge in [-0.1, -0.05) is 66.4 Å². The summed E-state index contributed by atoms with van der Waals surface area (Å²) in [6, 6.07) is 18.7. The first-order valence-corrected chi connectivity index (χ1v) is 15.3. The van der Waals surface area contributed by atoms with Crippen LogP contribution >= 0.6 is 23.2 Å². The lowest BCUT2D eigenvalue weighted by atomic mass is 9.93. The number of carbonyl (C=O) groups is 2. The molecule has 3 unspecified atom stereocenters. The van der Waals surface area contributed by atoms with Gasteiger partial charge in [-0.25, -0.2) is 5.01 Å². The minimum absolute atomic E-state index is 0.263. The number of hydrogen-bond donors (Lipinski definition) is 2. The number of hydrogen-bond acceptors (Lipinski definition) is 7. The SMILES string of the molecule is COc1ccc(C2C(N3c4ccccc4CC3C(N)=O)C(C(=O)NN3CCCCCC3)=NN2c2ccc(Cl)cc2Cl)cc1. The normalized spacial score (nSPS) is 22.1. The highest BCUT2D eigenvalue weighted by atomic mass is 35.5. The first-order chi connectivity index (χ1) is 20.9. The molecule has 3 aromatic carbocycles. The lowest BCUT2D eigenvalue weighted by molar-refractivity contribution is -0.120. The predicted octanol–water partition coefficient (Wildman–Crippen LogP) is 5.11. The molecule has 0 aliphatic carbocycles. The van der Waals surface area contributed by atoms with Gasteiger partial charge in [0.05, 0.1) is 17.8 Å². The number of hydrazone groups is 1. The molecular formula is C32H34Cl2N6O3. The quantitative estimate of drug-likeness (QED) is 0.380. The number of rotatable bonds is 7. The van der Waals surface area contributed by atoms with E-state index in [1.807, 2.05) is 58.4 Å². The number of amides is 2. The number of ether oxygens (including phenoxy) is 1. The number of nitrogens with one attached hydrogen (secondary N) is 1. The van der Waals surface area contributed by atoms with Crippen molar-refractivity contribution in [2.45, 2.75) is 50.2 Å². The molecule has 0 spiro atoms. The van der Waals surface area contributed by atoms with Gasteiger partial charge in [0.15, 0.2) is 5.71 Å². The number of para-hydroxylation sites is 1. The molecular weight excluding hydrogens is 587 g/mol. The second-order valence-electron chi connectivity index (χ2n) is 11.1. The molecule has 0 saturated carbocycles. The molecule has 3 N–H and O–H groups in total. The van der Waals surface area contributed by atoms with Gasteiger partial charge in [0, 0.05) is 30.2 Å². The van der Waals surface area contributed by atoms with E-state index in [-0.39, 0.29) is 11.6 Å². The molecule has 1 saturated heterocycles. The maximum atomic E-state index is 14.2. The molecule has 3 aliphatic heterocycles. The predicted molar refractivity (Wildman–Crippen MR) is 170 cm³/mol. The minimum atomic E-state index is -0.687. The van der Waals surface area contributed by atoms with Crippen LogP contribution in [0.1, 0.15) is 42.9 Å². The molecule has 3 aliphatic rings. The number of nitrogens with two attached hydrogens (primary N) is 1. The van der Waals surface area contributed by atoms with Gasteiger partial charge in [-0.2, -0.15) is 5.10 Å². The summed E-state index contributed by atoms with van der Waals surface area (Å²) in [6.45, 7) is 1.52. The third-order valence-electron chi connectivity index (χ3n) is 8.42. The lowest BCUT2D eigenvalue weighted by Crippen LogP contribution is -2.57. The van der Waals surface area contributed by atoms with Crippen molar-refractivity contribution in [2.24, 2.45) is 10.8 Å². The summed E-state index contributed by atoms with van der Waals surface area (Å²) in [5, 5.41) is 9.59. The maximum absolute atomic E-state index is 14.2. The van der Waals surface area contributed by atoms with Crippen LogP contribution in [0.4, 0.5) is 11.4 Å². The average molecular weight is 622 g/mol. The topological polar surface area (TPSA) is 103 Å². The van der Waals surface area contributed by atoms with Gasteiger partial charge in [-0.15, -0.1) is 0 Å². The first-order valence-electron chi connectivity index (χ1n) is 14.5. The Balaban J connectivity index is 1.52. The zero-order valence-electron chi connectivity index (χ0n) is 23.9. The van der Waals surface area contributed by atoms with E-state index in [1.165, 1.54) is 0 Å². The van der Waals surface area contributed by atoms with E-state index < -0.39 is 24.0 Å². The van der Waals surface area contributed by atoms with Crippen molar-refractivity contribution in [3.05, 3.63) is 87.9 Å². The monoisotopic (exact) mass is 620 g/mol. The highest BCUT2D eigenvalue weighted by Crippen LogP contribution is 2.46. The standard InChI is InChI=1S/C32H34Cl2N6O3/c1-43-23-13-10-20(11-14-23)29-30(39-25-9-5-4-8-21(25)18-27(39)31(35)41)28(32(42)37-38-16-6-2-3-7-17-38)36-40(29)26-15-12-22(33)19-24(26)34/h4-5,8-15,19,27,29-30H,2-3,6-7,16-18H2,1H3,(H2,35,41)(H,37,42). The number of hydrazine groups is 1. The summed E-state index contributed by atoms with van der Waals surface area (Å²) >= 11 is 13.0. The zero-order valence-corrected chi connectivity index (χ0v) is 25.4. The van der Waals surface area contributed by atoms with Crippen LogP contribution in [0.5, 0.6) is 5.75 Å². The van der Waals surface area contributed by atoms with E-state index in [0.717, 1.165) is 55.6 Å². The summed E-state index contributed by atoms with van der Waals surface area (Å²) in [6.07, 6.45) is 4.69. The molecule has 224 valence electrons. The average Bonchev–Trinajstić information content (AvgIpc) is 3.47. The van der Waals surface area contributed by atoms with Gasteiger partial charge in [0.1, 0.15) is 23.9 Å². The van der Waals surface area contributed by atoms with E-state index in [1.54, 1.807) is 30.3 Å². The highest BCUT2D eigenvalue weighted by Gasteiger charge is 2.51. The molecule has 0 radical (unpaired) electrons. The van der Waals surface area contributed by atoms with Crippen molar-refractivity contribution in [1.82, 2.24) is 10.4 Å². The molecule has 1 fully saturated rings. The lowest BCUT2D eigenvalue weighted by Gasteiger charge is -2.38. The number of carbonyl (C=O) groups excluding carboxylic acids is 2. The largest absolute Gasteiger partial charge is 0.497 e. The Hall–Kier alpha value is -3.79. The number of anilines is 2. The number of primary amides is 1. The van der Waals surface area contributed by atoms with Gasteiger partial charge in [-0.05, 0) is 60.4 Å². The first kappa shape index (κ1) is 29.3. The molecule has 3 atom stereocenters. The van der Waals surface area contributed by atoms with E-state index in [4.69, 9.17) is 38.8 Å². The molecule has 6 rings (SSSR count). The fourth-order valence-electron chi connectivity index (χ4n) is 6.35. The van der Waals surface area contributed by atoms with Crippen molar-refractivity contribution in [2.75, 3.05) is 30.1 Å². The summed E-state index contributed by atoms with van der Waals surface area (Å²) in [5.74, 6) is -0.110. The smallest absolute Gasteiger partial charge is 0.284 e. The van der Waals surface area contributed by atoms with Gasteiger partial charge in [0.25, 0.3) is 5.91 Å². The number of halogens is 2. The summed E-state index contributed by atoms with van der Waals surface area (Å²) in [4.78, 5) is 29.2. The Morgan fingerprint density at radius 2 is 1.65 bits per heavy atom. The van der Waals surface area contributed by atoms with Crippen LogP contribution in [-0.4, -0.2) is 54.8 Å². The van der Waals surface area contributed by atoms with Gasteiger partial charge in [0.2, 0.25) is 5.91 Å². The van der Waals surface area contributed by atoms with E-state index in [9.17, 15) is 9.59 Å². The van der Waals surface area contributed by atoms with Gasteiger partial charge >= 0.3 is 0 Å². The number of nitrogens with zero attached hydrogens (tertiary/aromatic N) is 4. The van der Waals surface area contributed by atoms with Crippen molar-refractivity contribution in [1.29, 1.82) is 0 Å². The fourth-order valence-corrected chi connectivity index (χ4v) is 6.85. The molecule has 0 aromatic heterocycles. The Bertz CT molecular complexity index is 1540. The summed E-state index contributed by atoms with van der Waals surface area (Å²) < 4.78 is 5.43. The Morgan fingerprint density at radius 1 is 0.930 bits per heavy atom. The highest BCUT2D eigenvalue weighted by molar-refractivity contribution is 6.43. The molecule has 0 bridgehead atoms. The molecule has 3 heterocycles. The van der Waals surface area contributed by atoms with Crippen LogP contribution in [0.3, 0.4) is 0 Å². The molecule has 9 nitrogen and oxygen atoms in total. The number of fused-ring (bicyclic) bond motifs is 1. The minimum Gasteiger partial charge on any atom is -0.497 e. The number of methoxy groups -OCH3 is 1. The van der Waals surface area contributed by atoms with E-state index in [0.29, 0.717) is 27.9 Å². The zero-order chi connectivity index (χ0) is 30.1. The molecule has 2 amide bonds. The van der Waals surface area contributed by atoms with E-state index in [2.05, 4.69) is 5.43 Å². The van der Waals surface area contributed by atoms with Crippen LogP contribution < -0.4 is 25.8 Å². The second-order valence-corrected chi connectivity index (χ2v) is 11.9. The molecule has 43 heavy (non-hydrogen) atoms. The van der Waals surface area contributed by atoms with Gasteiger partial charge in [-0.3, -0.25) is 20.0 Å². The summed E-state index contributed by atoms with van der Waals surface area (Å²) in [7, 11) is 1.61. The van der Waals surface area contributed by atoms with Crippen molar-refractivity contribution in [3.63, 3.8) is 0 Å². The number of benzene rings is 3. The van der Waals surface area contributed by atoms with Crippen LogP contribution in [0.25, 0.3) is 0 Å². The van der Waals surface area contributed by atoms with E-state index >= 15 is 0 Å². The van der Waals surface area contributed by atoms with Gasteiger partial charge < -0.3 is 15.4 Å². The Kier molecular flexibility index (Phi) is 8.47. The van der Waals surface area contributed by atoms with Crippen molar-refractivity contribution in [3.8, 4) is 5.75 Å². The Labute approximate surface area is 261 Å². The maximum Gasteiger partial charge on any atom is 0.284 e. The molecule has 3 aromatic rings. The van der Waals surface area contributed by atoms with Crippen molar-refractivity contribution < 1.29 is 14.3 Å². The summed E-state index contributed by atoms with van der Waals surface area (Å²) in [5.41, 5.74) is 12.7. The third-order valence-corrected chi connectivity index (χ3v) is 8.96. The van der Waals surface area contributed by atoms with Crippen LogP contribution in [0.15, 0.2) is 71.8 Å². The third kappa shape index (κ3) is 5.77. The van der Waals surface area contributed by atoms with Crippen molar-refractivity contribution >= 4 is 52.1 Å². The van der Waals surface area contributed by atoms with Crippen LogP contribution in [0, 0.1) is 0 Å². The van der Waals surface area contributed by atoms with Crippen LogP contribution in [0.2, 0.25) is 10.0 Å². The Morgan fingerprint density at radius 3 is 2.33 bits per heavy atom. The van der Waals surface area contributed by atoms with Crippen LogP contribution in [-0.2, 0) is 16.0 Å². The second kappa shape index (κ2) is 12.4. The fraction of sp³-hybridized carbons (Fsp3) is 0.344. The molecule has 11 heteroatoms.